The van der Waals surface area contributed by atoms with Crippen molar-refractivity contribution < 1.29 is 4.74 Å². The zero-order chi connectivity index (χ0) is 17.8. The fourth-order valence-corrected chi connectivity index (χ4v) is 4.07. The Hall–Kier alpha value is -1.11. The average molecular weight is 350 g/mol. The number of hydrogen-bond acceptors (Lipinski definition) is 5. The molecule has 6 nitrogen and oxygen atoms in total. The van der Waals surface area contributed by atoms with Crippen molar-refractivity contribution >= 4 is 0 Å². The SMILES string of the molecule is CCOc1c(CN2CCC(N3CCNCC3)C2)c(C)nn1CC(C)C. The highest BCUT2D eigenvalue weighted by atomic mass is 16.5. The molecule has 0 amide bonds. The van der Waals surface area contributed by atoms with Gasteiger partial charge >= 0.3 is 0 Å². The van der Waals surface area contributed by atoms with Crippen LogP contribution >= 0.6 is 0 Å². The third kappa shape index (κ3) is 4.54. The van der Waals surface area contributed by atoms with Gasteiger partial charge in [0, 0.05) is 58.4 Å². The first-order valence-corrected chi connectivity index (χ1v) is 9.94. The normalized spacial score (nSPS) is 22.8. The van der Waals surface area contributed by atoms with Crippen molar-refractivity contribution in [2.45, 2.75) is 53.2 Å². The minimum Gasteiger partial charge on any atom is -0.478 e. The molecule has 0 aliphatic carbocycles. The minimum absolute atomic E-state index is 0.565. The summed E-state index contributed by atoms with van der Waals surface area (Å²) in [6.45, 7) is 18.2. The number of hydrogen-bond donors (Lipinski definition) is 1. The molecule has 2 fully saturated rings. The molecule has 0 aromatic carbocycles. The van der Waals surface area contributed by atoms with Crippen LogP contribution in [-0.4, -0.2) is 71.5 Å². The van der Waals surface area contributed by atoms with E-state index in [9.17, 15) is 0 Å². The first-order chi connectivity index (χ1) is 12.1. The molecule has 0 saturated carbocycles. The number of ether oxygens (including phenoxy) is 1. The number of nitrogens with zero attached hydrogens (tertiary/aromatic N) is 4. The number of likely N-dealkylation sites (tertiary alicyclic amines) is 1. The summed E-state index contributed by atoms with van der Waals surface area (Å²) in [4.78, 5) is 5.24. The Morgan fingerprint density at radius 2 is 2.00 bits per heavy atom. The molecule has 3 rings (SSSR count). The first kappa shape index (κ1) is 18.7. The maximum atomic E-state index is 6.00. The Kier molecular flexibility index (Phi) is 6.36. The topological polar surface area (TPSA) is 45.6 Å². The van der Waals surface area contributed by atoms with E-state index in [1.165, 1.54) is 38.2 Å². The average Bonchev–Trinajstić information content (AvgIpc) is 3.16. The summed E-state index contributed by atoms with van der Waals surface area (Å²) in [5.41, 5.74) is 2.40. The van der Waals surface area contributed by atoms with Crippen LogP contribution in [-0.2, 0) is 13.1 Å². The van der Waals surface area contributed by atoms with Gasteiger partial charge in [0.15, 0.2) is 0 Å². The van der Waals surface area contributed by atoms with Crippen molar-refractivity contribution in [2.24, 2.45) is 5.92 Å². The molecule has 6 heteroatoms. The Morgan fingerprint density at radius 1 is 1.24 bits per heavy atom. The van der Waals surface area contributed by atoms with Crippen molar-refractivity contribution in [3.05, 3.63) is 11.3 Å². The van der Waals surface area contributed by atoms with Crippen LogP contribution in [0.4, 0.5) is 0 Å². The minimum atomic E-state index is 0.565. The molecule has 1 N–H and O–H groups in total. The molecule has 0 bridgehead atoms. The standard InChI is InChI=1S/C19H35N5O/c1-5-25-19-18(16(4)21-24(19)12-15(2)3)14-22-9-6-17(13-22)23-10-7-20-8-11-23/h15,17,20H,5-14H2,1-4H3. The Balaban J connectivity index is 1.66. The van der Waals surface area contributed by atoms with E-state index in [0.29, 0.717) is 18.6 Å². The van der Waals surface area contributed by atoms with Gasteiger partial charge in [0.25, 0.3) is 0 Å². The molecular weight excluding hydrogens is 314 g/mol. The third-order valence-electron chi connectivity index (χ3n) is 5.32. The van der Waals surface area contributed by atoms with E-state index in [0.717, 1.165) is 37.8 Å². The summed E-state index contributed by atoms with van der Waals surface area (Å²) in [5.74, 6) is 1.55. The smallest absolute Gasteiger partial charge is 0.216 e. The van der Waals surface area contributed by atoms with Gasteiger partial charge in [-0.3, -0.25) is 9.80 Å². The Labute approximate surface area is 152 Å². The lowest BCUT2D eigenvalue weighted by atomic mass is 10.2. The zero-order valence-electron chi connectivity index (χ0n) is 16.4. The van der Waals surface area contributed by atoms with Crippen LogP contribution in [0.15, 0.2) is 0 Å². The van der Waals surface area contributed by atoms with Crippen LogP contribution < -0.4 is 10.1 Å². The van der Waals surface area contributed by atoms with Crippen molar-refractivity contribution in [2.75, 3.05) is 45.9 Å². The molecular formula is C19H35N5O. The van der Waals surface area contributed by atoms with Crippen molar-refractivity contribution in [1.29, 1.82) is 0 Å². The molecule has 1 unspecified atom stereocenters. The van der Waals surface area contributed by atoms with E-state index in [4.69, 9.17) is 9.84 Å². The number of rotatable bonds is 7. The third-order valence-corrected chi connectivity index (χ3v) is 5.32. The van der Waals surface area contributed by atoms with Crippen LogP contribution in [0.25, 0.3) is 0 Å². The van der Waals surface area contributed by atoms with E-state index < -0.39 is 0 Å². The largest absolute Gasteiger partial charge is 0.478 e. The molecule has 1 aromatic heterocycles. The molecule has 2 aliphatic heterocycles. The summed E-state index contributed by atoms with van der Waals surface area (Å²) >= 11 is 0. The Bertz CT molecular complexity index is 550. The van der Waals surface area contributed by atoms with Crippen LogP contribution in [0.2, 0.25) is 0 Å². The number of aromatic nitrogens is 2. The molecule has 0 spiro atoms. The molecule has 3 heterocycles. The van der Waals surface area contributed by atoms with Crippen LogP contribution in [0, 0.1) is 12.8 Å². The van der Waals surface area contributed by atoms with Gasteiger partial charge < -0.3 is 10.1 Å². The van der Waals surface area contributed by atoms with Gasteiger partial charge in [-0.2, -0.15) is 5.10 Å². The van der Waals surface area contributed by atoms with Crippen LogP contribution in [0.1, 0.15) is 38.4 Å². The van der Waals surface area contributed by atoms with Gasteiger partial charge in [0.2, 0.25) is 5.88 Å². The van der Waals surface area contributed by atoms with Gasteiger partial charge in [-0.05, 0) is 26.2 Å². The van der Waals surface area contributed by atoms with Gasteiger partial charge in [0.1, 0.15) is 0 Å². The lowest BCUT2D eigenvalue weighted by Gasteiger charge is -2.32. The highest BCUT2D eigenvalue weighted by Crippen LogP contribution is 2.27. The molecule has 2 saturated heterocycles. The highest BCUT2D eigenvalue weighted by Gasteiger charge is 2.30. The predicted octanol–water partition coefficient (Wildman–Crippen LogP) is 1.73. The van der Waals surface area contributed by atoms with Gasteiger partial charge in [-0.15, -0.1) is 0 Å². The summed E-state index contributed by atoms with van der Waals surface area (Å²) in [6.07, 6.45) is 1.28. The van der Waals surface area contributed by atoms with Gasteiger partial charge in [0.05, 0.1) is 17.9 Å². The summed E-state index contributed by atoms with van der Waals surface area (Å²) in [5, 5.41) is 8.22. The lowest BCUT2D eigenvalue weighted by molar-refractivity contribution is 0.170. The summed E-state index contributed by atoms with van der Waals surface area (Å²) in [7, 11) is 0. The van der Waals surface area contributed by atoms with E-state index in [1.807, 2.05) is 0 Å². The Morgan fingerprint density at radius 3 is 2.68 bits per heavy atom. The molecule has 1 aromatic rings. The molecule has 0 radical (unpaired) electrons. The number of piperazine rings is 1. The van der Waals surface area contributed by atoms with E-state index in [2.05, 4.69) is 47.5 Å². The maximum absolute atomic E-state index is 6.00. The fourth-order valence-electron chi connectivity index (χ4n) is 4.07. The fraction of sp³-hybridized carbons (Fsp3) is 0.842. The van der Waals surface area contributed by atoms with Crippen LogP contribution in [0.3, 0.4) is 0 Å². The summed E-state index contributed by atoms with van der Waals surface area (Å²) in [6, 6.07) is 0.712. The monoisotopic (exact) mass is 349 g/mol. The predicted molar refractivity (Wildman–Crippen MR) is 101 cm³/mol. The van der Waals surface area contributed by atoms with Crippen LogP contribution in [0.5, 0.6) is 5.88 Å². The van der Waals surface area contributed by atoms with E-state index in [1.54, 1.807) is 0 Å². The second-order valence-corrected chi connectivity index (χ2v) is 7.84. The second-order valence-electron chi connectivity index (χ2n) is 7.84. The van der Waals surface area contributed by atoms with Crippen molar-refractivity contribution in [1.82, 2.24) is 24.9 Å². The van der Waals surface area contributed by atoms with Gasteiger partial charge in [-0.25, -0.2) is 4.68 Å². The molecule has 2 aliphatic rings. The molecule has 142 valence electrons. The second kappa shape index (κ2) is 8.52. The first-order valence-electron chi connectivity index (χ1n) is 9.94. The van der Waals surface area contributed by atoms with E-state index >= 15 is 0 Å². The lowest BCUT2D eigenvalue weighted by Crippen LogP contribution is -2.49. The zero-order valence-corrected chi connectivity index (χ0v) is 16.4. The van der Waals surface area contributed by atoms with Crippen molar-refractivity contribution in [3.8, 4) is 5.88 Å². The van der Waals surface area contributed by atoms with Gasteiger partial charge in [-0.1, -0.05) is 13.8 Å². The molecule has 1 atom stereocenters. The summed E-state index contributed by atoms with van der Waals surface area (Å²) < 4.78 is 8.07. The number of nitrogens with one attached hydrogen (secondary N) is 1. The molecule has 25 heavy (non-hydrogen) atoms. The van der Waals surface area contributed by atoms with E-state index in [-0.39, 0.29) is 0 Å². The van der Waals surface area contributed by atoms with Crippen molar-refractivity contribution in [3.63, 3.8) is 0 Å². The number of aryl methyl sites for hydroxylation is 1. The highest BCUT2D eigenvalue weighted by molar-refractivity contribution is 5.31. The quantitative estimate of drug-likeness (QED) is 0.812. The maximum Gasteiger partial charge on any atom is 0.216 e.